The summed E-state index contributed by atoms with van der Waals surface area (Å²) in [6, 6.07) is 0. The van der Waals surface area contributed by atoms with E-state index in [4.69, 9.17) is 16.7 Å². The highest BCUT2D eigenvalue weighted by Gasteiger charge is 2.41. The first-order chi connectivity index (χ1) is 9.44. The van der Waals surface area contributed by atoms with Gasteiger partial charge in [-0.05, 0) is 19.3 Å². The molecule has 7 heteroatoms. The summed E-state index contributed by atoms with van der Waals surface area (Å²) in [5.41, 5.74) is 9.80. The Balaban J connectivity index is 4.82. The lowest BCUT2D eigenvalue weighted by Gasteiger charge is -2.30. The predicted molar refractivity (Wildman–Crippen MR) is 77.1 cm³/mol. The molecule has 0 rings (SSSR count). The fraction of sp³-hybridized carbons (Fsp3) is 0.769. The molecule has 0 atom stereocenters. The molecule has 0 fully saturated rings. The summed E-state index contributed by atoms with van der Waals surface area (Å²) in [6.45, 7) is 4.22. The van der Waals surface area contributed by atoms with Crippen molar-refractivity contribution in [2.75, 3.05) is 6.54 Å². The molecule has 0 aromatic rings. The number of nitrogens with two attached hydrogens (primary N) is 2. The van der Waals surface area contributed by atoms with Crippen LogP contribution in [-0.4, -0.2) is 29.4 Å². The zero-order chi connectivity index (χ0) is 15.6. The van der Waals surface area contributed by atoms with Gasteiger partial charge in [0, 0.05) is 13.0 Å². The van der Waals surface area contributed by atoms with E-state index in [1.54, 1.807) is 0 Å². The average molecular weight is 286 g/mol. The van der Waals surface area contributed by atoms with Crippen molar-refractivity contribution in [1.82, 2.24) is 5.32 Å². The molecule has 0 aromatic heterocycles. The second kappa shape index (κ2) is 9.17. The molecule has 0 saturated carbocycles. The van der Waals surface area contributed by atoms with Crippen molar-refractivity contribution in [1.29, 1.82) is 0 Å². The van der Waals surface area contributed by atoms with E-state index in [2.05, 4.69) is 10.5 Å². The van der Waals surface area contributed by atoms with E-state index < -0.39 is 11.3 Å². The number of carbonyl (C=O) groups excluding carboxylic acids is 2. The smallest absolute Gasteiger partial charge is 0.233 e. The minimum atomic E-state index is -0.981. The van der Waals surface area contributed by atoms with Gasteiger partial charge < -0.3 is 22.0 Å². The number of nitrogens with one attached hydrogen (secondary N) is 1. The molecule has 0 bridgehead atoms. The Morgan fingerprint density at radius 2 is 1.75 bits per heavy atom. The molecule has 116 valence electrons. The molecule has 0 aliphatic carbocycles. The van der Waals surface area contributed by atoms with E-state index in [0.717, 1.165) is 12.8 Å². The van der Waals surface area contributed by atoms with Crippen molar-refractivity contribution in [2.24, 2.45) is 22.0 Å². The van der Waals surface area contributed by atoms with Crippen molar-refractivity contribution in [3.63, 3.8) is 0 Å². The van der Waals surface area contributed by atoms with Crippen LogP contribution in [0.4, 0.5) is 0 Å². The number of nitrogens with zero attached hydrogens (tertiary/aromatic N) is 1. The van der Waals surface area contributed by atoms with Crippen LogP contribution in [0, 0.1) is 5.41 Å². The van der Waals surface area contributed by atoms with E-state index in [-0.39, 0.29) is 18.2 Å². The molecule has 20 heavy (non-hydrogen) atoms. The lowest BCUT2D eigenvalue weighted by Crippen LogP contribution is -2.50. The van der Waals surface area contributed by atoms with Crippen LogP contribution < -0.4 is 16.8 Å². The summed E-state index contributed by atoms with van der Waals surface area (Å²) in [6.07, 6.45) is 3.20. The van der Waals surface area contributed by atoms with Crippen LogP contribution in [0.2, 0.25) is 0 Å². The van der Waals surface area contributed by atoms with Gasteiger partial charge in [-0.2, -0.15) is 0 Å². The van der Waals surface area contributed by atoms with E-state index in [1.807, 2.05) is 13.8 Å². The SMILES string of the molecule is CCCC(CCC)(C(=O)NCCCC(N)=O)C(N)=NO. The molecule has 0 spiro atoms. The summed E-state index contributed by atoms with van der Waals surface area (Å²) in [7, 11) is 0. The summed E-state index contributed by atoms with van der Waals surface area (Å²) in [5.74, 6) is -0.723. The first-order valence-corrected chi connectivity index (χ1v) is 6.99. The standard InChI is InChI=1S/C13H26N4O3/c1-3-7-13(8-4-2,11(15)17-20)12(19)16-9-5-6-10(14)18/h20H,3-9H2,1-2H3,(H2,14,18)(H2,15,17)(H,16,19). The number of primary amides is 1. The topological polar surface area (TPSA) is 131 Å². The molecule has 0 aliphatic rings. The highest BCUT2D eigenvalue weighted by molar-refractivity contribution is 6.06. The molecule has 6 N–H and O–H groups in total. The van der Waals surface area contributed by atoms with Crippen molar-refractivity contribution in [2.45, 2.75) is 52.4 Å². The molecule has 2 amide bonds. The Hall–Kier alpha value is -1.79. The minimum absolute atomic E-state index is 0.0615. The molecular weight excluding hydrogens is 260 g/mol. The third-order valence-electron chi connectivity index (χ3n) is 3.27. The second-order valence-corrected chi connectivity index (χ2v) is 4.89. The van der Waals surface area contributed by atoms with Crippen LogP contribution >= 0.6 is 0 Å². The van der Waals surface area contributed by atoms with E-state index >= 15 is 0 Å². The minimum Gasteiger partial charge on any atom is -0.409 e. The number of hydrogen-bond acceptors (Lipinski definition) is 4. The van der Waals surface area contributed by atoms with Gasteiger partial charge in [-0.15, -0.1) is 0 Å². The summed E-state index contributed by atoms with van der Waals surface area (Å²) in [5, 5.41) is 14.7. The molecule has 7 nitrogen and oxygen atoms in total. The zero-order valence-electron chi connectivity index (χ0n) is 12.3. The van der Waals surface area contributed by atoms with Crippen LogP contribution in [0.15, 0.2) is 5.16 Å². The molecular formula is C13H26N4O3. The van der Waals surface area contributed by atoms with Crippen molar-refractivity contribution < 1.29 is 14.8 Å². The summed E-state index contributed by atoms with van der Waals surface area (Å²) in [4.78, 5) is 23.0. The fourth-order valence-corrected chi connectivity index (χ4v) is 2.31. The Kier molecular flexibility index (Phi) is 8.35. The number of hydrogen-bond donors (Lipinski definition) is 4. The number of amidine groups is 1. The van der Waals surface area contributed by atoms with Gasteiger partial charge >= 0.3 is 0 Å². The summed E-state index contributed by atoms with van der Waals surface area (Å²) < 4.78 is 0. The number of amides is 2. The summed E-state index contributed by atoms with van der Waals surface area (Å²) >= 11 is 0. The molecule has 0 heterocycles. The average Bonchev–Trinajstić information content (AvgIpc) is 2.41. The van der Waals surface area contributed by atoms with Crippen molar-refractivity contribution in [3.05, 3.63) is 0 Å². The Bertz CT molecular complexity index is 350. The Morgan fingerprint density at radius 1 is 1.20 bits per heavy atom. The van der Waals surface area contributed by atoms with Gasteiger partial charge in [0.1, 0.15) is 5.41 Å². The number of carbonyl (C=O) groups is 2. The monoisotopic (exact) mass is 286 g/mol. The normalized spacial score (nSPS) is 12.2. The lowest BCUT2D eigenvalue weighted by molar-refractivity contribution is -0.128. The van der Waals surface area contributed by atoms with Gasteiger partial charge in [0.05, 0.1) is 0 Å². The maximum Gasteiger partial charge on any atom is 0.233 e. The van der Waals surface area contributed by atoms with E-state index in [9.17, 15) is 9.59 Å². The van der Waals surface area contributed by atoms with Crippen LogP contribution in [0.3, 0.4) is 0 Å². The van der Waals surface area contributed by atoms with Gasteiger partial charge in [-0.3, -0.25) is 9.59 Å². The van der Waals surface area contributed by atoms with Crippen molar-refractivity contribution >= 4 is 17.6 Å². The third kappa shape index (κ3) is 5.07. The van der Waals surface area contributed by atoms with Gasteiger partial charge in [0.25, 0.3) is 0 Å². The predicted octanol–water partition coefficient (Wildman–Crippen LogP) is 0.701. The molecule has 0 unspecified atom stereocenters. The maximum atomic E-state index is 12.4. The van der Waals surface area contributed by atoms with Gasteiger partial charge in [-0.25, -0.2) is 0 Å². The molecule has 0 radical (unpaired) electrons. The van der Waals surface area contributed by atoms with Crippen LogP contribution in [0.5, 0.6) is 0 Å². The largest absolute Gasteiger partial charge is 0.409 e. The van der Waals surface area contributed by atoms with Crippen molar-refractivity contribution in [3.8, 4) is 0 Å². The number of oxime groups is 1. The first kappa shape index (κ1) is 18.2. The van der Waals surface area contributed by atoms with Crippen LogP contribution in [-0.2, 0) is 9.59 Å². The van der Waals surface area contributed by atoms with Gasteiger partial charge in [-0.1, -0.05) is 31.8 Å². The Morgan fingerprint density at radius 3 is 2.15 bits per heavy atom. The van der Waals surface area contributed by atoms with Crippen LogP contribution in [0.25, 0.3) is 0 Å². The number of rotatable bonds is 10. The lowest BCUT2D eigenvalue weighted by atomic mass is 9.77. The third-order valence-corrected chi connectivity index (χ3v) is 3.27. The second-order valence-electron chi connectivity index (χ2n) is 4.89. The fourth-order valence-electron chi connectivity index (χ4n) is 2.31. The van der Waals surface area contributed by atoms with E-state index in [0.29, 0.717) is 25.8 Å². The van der Waals surface area contributed by atoms with E-state index in [1.165, 1.54) is 0 Å². The highest BCUT2D eigenvalue weighted by atomic mass is 16.4. The molecule has 0 aliphatic heterocycles. The first-order valence-electron chi connectivity index (χ1n) is 6.99. The maximum absolute atomic E-state index is 12.4. The molecule has 0 aromatic carbocycles. The highest BCUT2D eigenvalue weighted by Crippen LogP contribution is 2.30. The quantitative estimate of drug-likeness (QED) is 0.155. The van der Waals surface area contributed by atoms with Crippen LogP contribution in [0.1, 0.15) is 52.4 Å². The van der Waals surface area contributed by atoms with Gasteiger partial charge in [0.15, 0.2) is 5.84 Å². The Labute approximate surface area is 119 Å². The van der Waals surface area contributed by atoms with Gasteiger partial charge in [0.2, 0.25) is 11.8 Å². The molecule has 0 saturated heterocycles. The zero-order valence-corrected chi connectivity index (χ0v) is 12.3.